The summed E-state index contributed by atoms with van der Waals surface area (Å²) in [6.45, 7) is 1.00. The van der Waals surface area contributed by atoms with Gasteiger partial charge in [-0.3, -0.25) is 0 Å². The molecule has 0 saturated carbocycles. The maximum atomic E-state index is 9.16. The van der Waals surface area contributed by atoms with Crippen LogP contribution in [0.1, 0.15) is 23.7 Å². The van der Waals surface area contributed by atoms with Gasteiger partial charge >= 0.3 is 0 Å². The molecule has 0 saturated heterocycles. The first kappa shape index (κ1) is 12.9. The van der Waals surface area contributed by atoms with Crippen molar-refractivity contribution >= 4 is 0 Å². The highest BCUT2D eigenvalue weighted by Crippen LogP contribution is 2.16. The smallest absolute Gasteiger partial charge is 0.0449 e. The van der Waals surface area contributed by atoms with E-state index in [2.05, 4.69) is 28.1 Å². The number of rotatable bonds is 6. The van der Waals surface area contributed by atoms with Crippen molar-refractivity contribution in [1.29, 1.82) is 0 Å². The van der Waals surface area contributed by atoms with Crippen molar-refractivity contribution in [2.75, 3.05) is 6.61 Å². The Balaban J connectivity index is 2.01. The van der Waals surface area contributed by atoms with Gasteiger partial charge in [0, 0.05) is 38.1 Å². The highest BCUT2D eigenvalue weighted by atomic mass is 16.3. The van der Waals surface area contributed by atoms with Crippen molar-refractivity contribution < 1.29 is 5.11 Å². The summed E-state index contributed by atoms with van der Waals surface area (Å²) in [6.07, 6.45) is 2.77. The van der Waals surface area contributed by atoms with Crippen LogP contribution in [0.15, 0.2) is 48.7 Å². The highest BCUT2D eigenvalue weighted by Gasteiger charge is 2.10. The topological polar surface area (TPSA) is 37.2 Å². The molecular formula is C15H20N2O. The van der Waals surface area contributed by atoms with Crippen molar-refractivity contribution in [3.63, 3.8) is 0 Å². The molecular weight excluding hydrogens is 224 g/mol. The molecule has 3 heteroatoms. The van der Waals surface area contributed by atoms with Crippen LogP contribution in [0.4, 0.5) is 0 Å². The van der Waals surface area contributed by atoms with Gasteiger partial charge in [-0.15, -0.1) is 0 Å². The Hall–Kier alpha value is -1.58. The number of nitrogens with one attached hydrogen (secondary N) is 1. The quantitative estimate of drug-likeness (QED) is 0.817. The van der Waals surface area contributed by atoms with Crippen molar-refractivity contribution in [1.82, 2.24) is 9.88 Å². The van der Waals surface area contributed by atoms with E-state index >= 15 is 0 Å². The van der Waals surface area contributed by atoms with Crippen molar-refractivity contribution in [3.8, 4) is 0 Å². The molecule has 1 heterocycles. The maximum Gasteiger partial charge on any atom is 0.0449 e. The van der Waals surface area contributed by atoms with Gasteiger partial charge in [0.2, 0.25) is 0 Å². The van der Waals surface area contributed by atoms with Crippen LogP contribution >= 0.6 is 0 Å². The monoisotopic (exact) mass is 244 g/mol. The van der Waals surface area contributed by atoms with Gasteiger partial charge in [-0.2, -0.15) is 0 Å². The van der Waals surface area contributed by atoms with Crippen LogP contribution in [0.5, 0.6) is 0 Å². The standard InChI is InChI=1S/C15H20N2O/c1-17-10-5-8-14(17)12-16-15(9-11-18)13-6-3-2-4-7-13/h2-8,10,15-16,18H,9,11-12H2,1H3/t15-/m1/s1. The molecule has 96 valence electrons. The minimum Gasteiger partial charge on any atom is -0.396 e. The number of nitrogens with zero attached hydrogens (tertiary/aromatic N) is 1. The molecule has 2 aromatic rings. The molecule has 1 atom stereocenters. The SMILES string of the molecule is Cn1cccc1CN[C@H](CCO)c1ccccc1. The lowest BCUT2D eigenvalue weighted by Gasteiger charge is -2.18. The Morgan fingerprint density at radius 2 is 1.94 bits per heavy atom. The van der Waals surface area contributed by atoms with Gasteiger partial charge in [-0.25, -0.2) is 0 Å². The van der Waals surface area contributed by atoms with Gasteiger partial charge < -0.3 is 15.0 Å². The van der Waals surface area contributed by atoms with Gasteiger partial charge in [0.15, 0.2) is 0 Å². The molecule has 1 aromatic carbocycles. The molecule has 0 bridgehead atoms. The molecule has 1 aromatic heterocycles. The average Bonchev–Trinajstić information content (AvgIpc) is 2.81. The van der Waals surface area contributed by atoms with Crippen LogP contribution in [0.2, 0.25) is 0 Å². The maximum absolute atomic E-state index is 9.16. The van der Waals surface area contributed by atoms with E-state index in [-0.39, 0.29) is 12.6 Å². The third-order valence-electron chi connectivity index (χ3n) is 3.20. The van der Waals surface area contributed by atoms with Crippen LogP contribution in [0.3, 0.4) is 0 Å². The van der Waals surface area contributed by atoms with Crippen LogP contribution in [-0.2, 0) is 13.6 Å². The first-order valence-electron chi connectivity index (χ1n) is 6.30. The number of aromatic nitrogens is 1. The third-order valence-corrected chi connectivity index (χ3v) is 3.20. The Labute approximate surface area is 108 Å². The molecule has 0 aliphatic carbocycles. The zero-order valence-corrected chi connectivity index (χ0v) is 10.7. The molecule has 2 N–H and O–H groups in total. The largest absolute Gasteiger partial charge is 0.396 e. The first-order valence-corrected chi connectivity index (χ1v) is 6.30. The molecule has 0 aliphatic heterocycles. The van der Waals surface area contributed by atoms with E-state index in [4.69, 9.17) is 5.11 Å². The van der Waals surface area contributed by atoms with E-state index in [9.17, 15) is 0 Å². The van der Waals surface area contributed by atoms with Gasteiger partial charge in [-0.1, -0.05) is 30.3 Å². The number of hydrogen-bond acceptors (Lipinski definition) is 2. The fourth-order valence-corrected chi connectivity index (χ4v) is 2.11. The minimum absolute atomic E-state index is 0.194. The lowest BCUT2D eigenvalue weighted by molar-refractivity contribution is 0.264. The van der Waals surface area contributed by atoms with Crippen molar-refractivity contribution in [3.05, 3.63) is 59.9 Å². The fraction of sp³-hybridized carbons (Fsp3) is 0.333. The highest BCUT2D eigenvalue weighted by molar-refractivity contribution is 5.19. The number of aliphatic hydroxyl groups excluding tert-OH is 1. The number of aliphatic hydroxyl groups is 1. The summed E-state index contributed by atoms with van der Waals surface area (Å²) < 4.78 is 2.11. The predicted molar refractivity (Wildman–Crippen MR) is 73.1 cm³/mol. The summed E-state index contributed by atoms with van der Waals surface area (Å²) >= 11 is 0. The summed E-state index contributed by atoms with van der Waals surface area (Å²) in [4.78, 5) is 0. The normalized spacial score (nSPS) is 12.6. The van der Waals surface area contributed by atoms with Crippen LogP contribution < -0.4 is 5.32 Å². The molecule has 0 fully saturated rings. The molecule has 0 amide bonds. The van der Waals surface area contributed by atoms with E-state index in [1.54, 1.807) is 0 Å². The number of benzene rings is 1. The van der Waals surface area contributed by atoms with E-state index in [0.29, 0.717) is 0 Å². The molecule has 18 heavy (non-hydrogen) atoms. The average molecular weight is 244 g/mol. The van der Waals surface area contributed by atoms with Crippen molar-refractivity contribution in [2.24, 2.45) is 7.05 Å². The molecule has 0 aliphatic rings. The van der Waals surface area contributed by atoms with Gasteiger partial charge in [0.25, 0.3) is 0 Å². The Morgan fingerprint density at radius 3 is 2.56 bits per heavy atom. The zero-order chi connectivity index (χ0) is 12.8. The Morgan fingerprint density at radius 1 is 1.17 bits per heavy atom. The van der Waals surface area contributed by atoms with Crippen molar-refractivity contribution in [2.45, 2.75) is 19.0 Å². The van der Waals surface area contributed by atoms with E-state index < -0.39 is 0 Å². The Kier molecular flexibility index (Phi) is 4.56. The summed E-state index contributed by atoms with van der Waals surface area (Å²) in [5.41, 5.74) is 2.47. The van der Waals surface area contributed by atoms with E-state index in [1.807, 2.05) is 37.5 Å². The van der Waals surface area contributed by atoms with Crippen LogP contribution in [0, 0.1) is 0 Å². The summed E-state index contributed by atoms with van der Waals surface area (Å²) in [7, 11) is 2.04. The molecule has 0 spiro atoms. The van der Waals surface area contributed by atoms with E-state index in [0.717, 1.165) is 13.0 Å². The first-order chi connectivity index (χ1) is 8.81. The zero-order valence-electron chi connectivity index (χ0n) is 10.7. The van der Waals surface area contributed by atoms with Gasteiger partial charge in [0.1, 0.15) is 0 Å². The van der Waals surface area contributed by atoms with Crippen LogP contribution in [0.25, 0.3) is 0 Å². The summed E-state index contributed by atoms with van der Waals surface area (Å²) in [6, 6.07) is 14.6. The van der Waals surface area contributed by atoms with Gasteiger partial charge in [-0.05, 0) is 24.1 Å². The molecule has 3 nitrogen and oxygen atoms in total. The second-order valence-electron chi connectivity index (χ2n) is 4.47. The van der Waals surface area contributed by atoms with E-state index in [1.165, 1.54) is 11.3 Å². The number of aryl methyl sites for hydroxylation is 1. The predicted octanol–water partition coefficient (Wildman–Crippen LogP) is 2.24. The summed E-state index contributed by atoms with van der Waals surface area (Å²) in [5, 5.41) is 12.7. The second-order valence-corrected chi connectivity index (χ2v) is 4.47. The minimum atomic E-state index is 0.194. The Bertz CT molecular complexity index is 464. The molecule has 0 unspecified atom stereocenters. The number of hydrogen-bond donors (Lipinski definition) is 2. The lowest BCUT2D eigenvalue weighted by atomic mass is 10.0. The lowest BCUT2D eigenvalue weighted by Crippen LogP contribution is -2.23. The van der Waals surface area contributed by atoms with Crippen LogP contribution in [-0.4, -0.2) is 16.3 Å². The summed E-state index contributed by atoms with van der Waals surface area (Å²) in [5.74, 6) is 0. The molecule has 0 radical (unpaired) electrons. The second kappa shape index (κ2) is 6.38. The molecule has 2 rings (SSSR count). The fourth-order valence-electron chi connectivity index (χ4n) is 2.11. The third kappa shape index (κ3) is 3.22. The van der Waals surface area contributed by atoms with Gasteiger partial charge in [0.05, 0.1) is 0 Å².